The van der Waals surface area contributed by atoms with E-state index in [1.54, 1.807) is 6.07 Å². The highest BCUT2D eigenvalue weighted by atomic mass is 35.5. The SMILES string of the molecule is CN(C)CCN1CCN(C(=O)c2cnc(N)c(Cl)c2)CC1. The number of carbonyl (C=O) groups excluding carboxylic acids is 1. The number of halogens is 1. The minimum Gasteiger partial charge on any atom is -0.382 e. The second-order valence-electron chi connectivity index (χ2n) is 5.53. The van der Waals surface area contributed by atoms with Gasteiger partial charge in [0.2, 0.25) is 0 Å². The van der Waals surface area contributed by atoms with Crippen LogP contribution >= 0.6 is 11.6 Å². The molecule has 0 radical (unpaired) electrons. The van der Waals surface area contributed by atoms with Gasteiger partial charge in [-0.3, -0.25) is 9.69 Å². The average molecular weight is 312 g/mol. The van der Waals surface area contributed by atoms with Crippen molar-refractivity contribution in [3.05, 3.63) is 22.8 Å². The van der Waals surface area contributed by atoms with Crippen molar-refractivity contribution in [1.29, 1.82) is 0 Å². The number of nitrogens with two attached hydrogens (primary N) is 1. The first-order valence-corrected chi connectivity index (χ1v) is 7.42. The summed E-state index contributed by atoms with van der Waals surface area (Å²) in [5, 5.41) is 0.325. The third-order valence-electron chi connectivity index (χ3n) is 3.64. The van der Waals surface area contributed by atoms with Crippen LogP contribution in [0.5, 0.6) is 0 Å². The molecule has 0 unspecified atom stereocenters. The summed E-state index contributed by atoms with van der Waals surface area (Å²) < 4.78 is 0. The van der Waals surface area contributed by atoms with Crippen molar-refractivity contribution in [3.8, 4) is 0 Å². The third kappa shape index (κ3) is 4.30. The Bertz CT molecular complexity index is 500. The molecule has 21 heavy (non-hydrogen) atoms. The van der Waals surface area contributed by atoms with Gasteiger partial charge in [0.1, 0.15) is 5.82 Å². The van der Waals surface area contributed by atoms with E-state index in [2.05, 4.69) is 28.9 Å². The van der Waals surface area contributed by atoms with E-state index < -0.39 is 0 Å². The molecule has 0 aromatic carbocycles. The Morgan fingerprint density at radius 2 is 2.05 bits per heavy atom. The molecule has 0 atom stereocenters. The molecule has 1 saturated heterocycles. The monoisotopic (exact) mass is 311 g/mol. The van der Waals surface area contributed by atoms with Crippen LogP contribution in [-0.4, -0.2) is 79.0 Å². The molecule has 2 N–H and O–H groups in total. The molecule has 1 aliphatic rings. The lowest BCUT2D eigenvalue weighted by Crippen LogP contribution is -2.50. The molecule has 1 amide bonds. The van der Waals surface area contributed by atoms with E-state index in [4.69, 9.17) is 17.3 Å². The molecule has 116 valence electrons. The van der Waals surface area contributed by atoms with E-state index in [0.717, 1.165) is 39.3 Å². The Morgan fingerprint density at radius 3 is 2.62 bits per heavy atom. The number of likely N-dealkylation sites (N-methyl/N-ethyl adjacent to an activating group) is 1. The lowest BCUT2D eigenvalue weighted by Gasteiger charge is -2.35. The van der Waals surface area contributed by atoms with Gasteiger partial charge in [0.05, 0.1) is 10.6 Å². The molecule has 1 aliphatic heterocycles. The predicted octanol–water partition coefficient (Wildman–Crippen LogP) is 0.637. The molecular weight excluding hydrogens is 290 g/mol. The molecule has 6 nitrogen and oxygen atoms in total. The van der Waals surface area contributed by atoms with Gasteiger partial charge < -0.3 is 15.5 Å². The summed E-state index contributed by atoms with van der Waals surface area (Å²) in [5.74, 6) is 0.221. The largest absolute Gasteiger partial charge is 0.382 e. The highest BCUT2D eigenvalue weighted by molar-refractivity contribution is 6.33. The highest BCUT2D eigenvalue weighted by Crippen LogP contribution is 2.18. The van der Waals surface area contributed by atoms with Crippen molar-refractivity contribution in [2.45, 2.75) is 0 Å². The van der Waals surface area contributed by atoms with Gasteiger partial charge in [0.15, 0.2) is 0 Å². The fourth-order valence-electron chi connectivity index (χ4n) is 2.26. The van der Waals surface area contributed by atoms with Crippen molar-refractivity contribution in [3.63, 3.8) is 0 Å². The molecule has 2 rings (SSSR count). The molecule has 0 bridgehead atoms. The van der Waals surface area contributed by atoms with Gasteiger partial charge in [0, 0.05) is 45.5 Å². The van der Waals surface area contributed by atoms with Gasteiger partial charge in [-0.25, -0.2) is 4.98 Å². The summed E-state index contributed by atoms with van der Waals surface area (Å²) in [6.45, 7) is 5.32. The maximum Gasteiger partial charge on any atom is 0.255 e. The lowest BCUT2D eigenvalue weighted by molar-refractivity contribution is 0.0629. The number of piperazine rings is 1. The van der Waals surface area contributed by atoms with E-state index in [0.29, 0.717) is 10.6 Å². The molecule has 0 saturated carbocycles. The molecule has 2 heterocycles. The van der Waals surface area contributed by atoms with Gasteiger partial charge in [-0.05, 0) is 20.2 Å². The zero-order valence-electron chi connectivity index (χ0n) is 12.5. The first-order valence-electron chi connectivity index (χ1n) is 7.05. The number of rotatable bonds is 4. The van der Waals surface area contributed by atoms with Crippen LogP contribution in [0.2, 0.25) is 5.02 Å². The molecule has 1 aromatic heterocycles. The summed E-state index contributed by atoms with van der Waals surface area (Å²) in [4.78, 5) is 22.7. The number of nitrogens with zero attached hydrogens (tertiary/aromatic N) is 4. The van der Waals surface area contributed by atoms with Crippen LogP contribution in [0.3, 0.4) is 0 Å². The van der Waals surface area contributed by atoms with Gasteiger partial charge in [-0.15, -0.1) is 0 Å². The molecular formula is C14H22ClN5O. The smallest absolute Gasteiger partial charge is 0.255 e. The zero-order chi connectivity index (χ0) is 15.4. The predicted molar refractivity (Wildman–Crippen MR) is 84.6 cm³/mol. The Labute approximate surface area is 130 Å². The van der Waals surface area contributed by atoms with Gasteiger partial charge in [-0.2, -0.15) is 0 Å². The van der Waals surface area contributed by atoms with Crippen molar-refractivity contribution in [2.24, 2.45) is 0 Å². The minimum absolute atomic E-state index is 0.0309. The Kier molecular flexibility index (Phi) is 5.39. The summed E-state index contributed by atoms with van der Waals surface area (Å²) in [5.41, 5.74) is 6.06. The van der Waals surface area contributed by atoms with Crippen molar-refractivity contribution >= 4 is 23.3 Å². The molecule has 1 aromatic rings. The van der Waals surface area contributed by atoms with Crippen LogP contribution in [-0.2, 0) is 0 Å². The van der Waals surface area contributed by atoms with Crippen molar-refractivity contribution < 1.29 is 4.79 Å². The van der Waals surface area contributed by atoms with Gasteiger partial charge in [0.25, 0.3) is 5.91 Å². The van der Waals surface area contributed by atoms with Gasteiger partial charge >= 0.3 is 0 Å². The maximum atomic E-state index is 12.4. The first-order chi connectivity index (χ1) is 9.97. The van der Waals surface area contributed by atoms with E-state index in [1.165, 1.54) is 6.20 Å². The molecule has 1 fully saturated rings. The summed E-state index contributed by atoms with van der Waals surface area (Å²) in [6, 6.07) is 1.59. The summed E-state index contributed by atoms with van der Waals surface area (Å²) in [7, 11) is 4.13. The number of hydrogen-bond donors (Lipinski definition) is 1. The maximum absolute atomic E-state index is 12.4. The van der Waals surface area contributed by atoms with Crippen LogP contribution in [0, 0.1) is 0 Å². The van der Waals surface area contributed by atoms with Crippen molar-refractivity contribution in [1.82, 2.24) is 19.7 Å². The van der Waals surface area contributed by atoms with Crippen LogP contribution in [0.15, 0.2) is 12.3 Å². The fourth-order valence-corrected chi connectivity index (χ4v) is 2.43. The third-order valence-corrected chi connectivity index (χ3v) is 3.94. The molecule has 7 heteroatoms. The van der Waals surface area contributed by atoms with E-state index in [-0.39, 0.29) is 11.7 Å². The van der Waals surface area contributed by atoms with E-state index in [9.17, 15) is 4.79 Å². The summed E-state index contributed by atoms with van der Waals surface area (Å²) in [6.07, 6.45) is 1.49. The zero-order valence-corrected chi connectivity index (χ0v) is 13.3. The van der Waals surface area contributed by atoms with Crippen LogP contribution < -0.4 is 5.73 Å². The van der Waals surface area contributed by atoms with Crippen molar-refractivity contribution in [2.75, 3.05) is 59.1 Å². The van der Waals surface area contributed by atoms with E-state index >= 15 is 0 Å². The second kappa shape index (κ2) is 7.06. The van der Waals surface area contributed by atoms with Crippen LogP contribution in [0.1, 0.15) is 10.4 Å². The normalized spacial score (nSPS) is 16.5. The number of amides is 1. The molecule has 0 spiro atoms. The average Bonchev–Trinajstić information content (AvgIpc) is 2.48. The number of aromatic nitrogens is 1. The topological polar surface area (TPSA) is 65.7 Å². The molecule has 0 aliphatic carbocycles. The summed E-state index contributed by atoms with van der Waals surface area (Å²) >= 11 is 5.92. The standard InChI is InChI=1S/C14H22ClN5O/c1-18(2)3-4-19-5-7-20(8-6-19)14(21)11-9-12(15)13(16)17-10-11/h9-10H,3-8H2,1-2H3,(H2,16,17). The second-order valence-corrected chi connectivity index (χ2v) is 5.94. The number of pyridine rings is 1. The lowest BCUT2D eigenvalue weighted by atomic mass is 10.2. The van der Waals surface area contributed by atoms with E-state index in [1.807, 2.05) is 4.90 Å². The number of nitrogen functional groups attached to an aromatic ring is 1. The fraction of sp³-hybridized carbons (Fsp3) is 0.571. The highest BCUT2D eigenvalue weighted by Gasteiger charge is 2.22. The Hall–Kier alpha value is -1.37. The first kappa shape index (κ1) is 16.0. The van der Waals surface area contributed by atoms with Gasteiger partial charge in [-0.1, -0.05) is 11.6 Å². The quantitative estimate of drug-likeness (QED) is 0.884. The Morgan fingerprint density at radius 1 is 1.38 bits per heavy atom. The Balaban J connectivity index is 1.89. The van der Waals surface area contributed by atoms with Crippen LogP contribution in [0.4, 0.5) is 5.82 Å². The number of carbonyl (C=O) groups is 1. The minimum atomic E-state index is -0.0309. The van der Waals surface area contributed by atoms with Crippen LogP contribution in [0.25, 0.3) is 0 Å². The number of anilines is 1. The number of hydrogen-bond acceptors (Lipinski definition) is 5.